The summed E-state index contributed by atoms with van der Waals surface area (Å²) in [6, 6.07) is 17.0. The van der Waals surface area contributed by atoms with Gasteiger partial charge < -0.3 is 20.3 Å². The summed E-state index contributed by atoms with van der Waals surface area (Å²) in [4.78, 5) is 17.1. The normalized spacial score (nSPS) is 18.8. The lowest BCUT2D eigenvalue weighted by molar-refractivity contribution is -0.134. The van der Waals surface area contributed by atoms with Gasteiger partial charge in [-0.25, -0.2) is 0 Å². The second-order valence-electron chi connectivity index (χ2n) is 6.40. The van der Waals surface area contributed by atoms with Gasteiger partial charge in [0.15, 0.2) is 0 Å². The summed E-state index contributed by atoms with van der Waals surface area (Å²) in [7, 11) is 0. The largest absolute Gasteiger partial charge is 0.366 e. The molecular weight excluding hydrogens is 346 g/mol. The van der Waals surface area contributed by atoms with Crippen LogP contribution in [0.1, 0.15) is 6.42 Å². The van der Waals surface area contributed by atoms with Crippen LogP contribution in [0, 0.1) is 0 Å². The second-order valence-corrected chi connectivity index (χ2v) is 7.48. The van der Waals surface area contributed by atoms with Crippen molar-refractivity contribution in [1.29, 1.82) is 0 Å². The van der Waals surface area contributed by atoms with Crippen molar-refractivity contribution < 1.29 is 9.53 Å². The summed E-state index contributed by atoms with van der Waals surface area (Å²) >= 11 is 1.81. The molecule has 2 heterocycles. The summed E-state index contributed by atoms with van der Waals surface area (Å²) in [5.74, 6) is -0.0211. The third kappa shape index (κ3) is 3.72. The number of hydrogen-bond acceptors (Lipinski definition) is 5. The van der Waals surface area contributed by atoms with E-state index < -0.39 is 0 Å². The number of para-hydroxylation sites is 2. The first-order chi connectivity index (χ1) is 12.8. The second kappa shape index (κ2) is 8.12. The van der Waals surface area contributed by atoms with E-state index in [0.717, 1.165) is 19.5 Å². The summed E-state index contributed by atoms with van der Waals surface area (Å²) in [6.45, 7) is 3.51. The number of nitrogens with zero attached hydrogens (tertiary/aromatic N) is 1. The maximum absolute atomic E-state index is 12.2. The van der Waals surface area contributed by atoms with E-state index in [-0.39, 0.29) is 12.0 Å². The molecule has 1 fully saturated rings. The maximum atomic E-state index is 12.2. The topological polar surface area (TPSA) is 53.6 Å². The summed E-state index contributed by atoms with van der Waals surface area (Å²) < 4.78 is 5.49. The van der Waals surface area contributed by atoms with Crippen LogP contribution in [-0.2, 0) is 9.53 Å². The molecule has 0 radical (unpaired) electrons. The van der Waals surface area contributed by atoms with E-state index >= 15 is 0 Å². The van der Waals surface area contributed by atoms with Gasteiger partial charge in [0.2, 0.25) is 5.91 Å². The lowest BCUT2D eigenvalue weighted by atomic mass is 10.2. The summed E-state index contributed by atoms with van der Waals surface area (Å²) in [5.41, 5.74) is 2.48. The zero-order chi connectivity index (χ0) is 17.8. The highest BCUT2D eigenvalue weighted by atomic mass is 32.2. The van der Waals surface area contributed by atoms with E-state index in [9.17, 15) is 4.79 Å². The Morgan fingerprint density at radius 3 is 2.50 bits per heavy atom. The first kappa shape index (κ1) is 17.4. The predicted molar refractivity (Wildman–Crippen MR) is 104 cm³/mol. The Bertz CT molecular complexity index is 732. The van der Waals surface area contributed by atoms with Gasteiger partial charge in [-0.1, -0.05) is 36.0 Å². The minimum absolute atomic E-state index is 0.0211. The number of ether oxygens (including phenoxy) is 1. The molecule has 1 unspecified atom stereocenters. The van der Waals surface area contributed by atoms with E-state index in [0.29, 0.717) is 19.7 Å². The molecule has 26 heavy (non-hydrogen) atoms. The minimum atomic E-state index is -0.364. The molecule has 2 N–H and O–H groups in total. The lowest BCUT2D eigenvalue weighted by Gasteiger charge is -2.32. The fourth-order valence-corrected chi connectivity index (χ4v) is 4.41. The zero-order valence-electron chi connectivity index (χ0n) is 14.6. The number of amides is 1. The molecule has 136 valence electrons. The van der Waals surface area contributed by atoms with Crippen LogP contribution in [0.25, 0.3) is 0 Å². The van der Waals surface area contributed by atoms with Gasteiger partial charge in [0, 0.05) is 36.0 Å². The number of carbonyl (C=O) groups is 1. The maximum Gasteiger partial charge on any atom is 0.250 e. The average molecular weight is 369 g/mol. The smallest absolute Gasteiger partial charge is 0.250 e. The molecule has 0 saturated carbocycles. The molecule has 2 aromatic rings. The van der Waals surface area contributed by atoms with E-state index in [1.54, 1.807) is 0 Å². The van der Waals surface area contributed by atoms with Gasteiger partial charge in [0.1, 0.15) is 6.10 Å². The molecular formula is C20H23N3O2S. The molecule has 2 aromatic carbocycles. The SMILES string of the molecule is O=C(NCCCN1c2ccccc2Sc2ccccc21)C1CNCCO1. The zero-order valence-corrected chi connectivity index (χ0v) is 15.4. The van der Waals surface area contributed by atoms with Gasteiger partial charge in [-0.05, 0) is 30.7 Å². The van der Waals surface area contributed by atoms with Crippen molar-refractivity contribution in [2.75, 3.05) is 37.7 Å². The van der Waals surface area contributed by atoms with Crippen molar-refractivity contribution in [2.24, 2.45) is 0 Å². The Morgan fingerprint density at radius 2 is 1.85 bits per heavy atom. The fourth-order valence-electron chi connectivity index (χ4n) is 3.32. The third-order valence-corrected chi connectivity index (χ3v) is 5.74. The highest BCUT2D eigenvalue weighted by Crippen LogP contribution is 2.47. The molecule has 0 aliphatic carbocycles. The van der Waals surface area contributed by atoms with Crippen LogP contribution >= 0.6 is 11.8 Å². The first-order valence-electron chi connectivity index (χ1n) is 9.06. The van der Waals surface area contributed by atoms with Crippen molar-refractivity contribution in [1.82, 2.24) is 10.6 Å². The number of morpholine rings is 1. The molecule has 6 heteroatoms. The van der Waals surface area contributed by atoms with Crippen molar-refractivity contribution in [3.8, 4) is 0 Å². The summed E-state index contributed by atoms with van der Waals surface area (Å²) in [6.07, 6.45) is 0.510. The first-order valence-corrected chi connectivity index (χ1v) is 9.88. The van der Waals surface area contributed by atoms with E-state index in [2.05, 4.69) is 64.1 Å². The Hall–Kier alpha value is -2.02. The molecule has 0 bridgehead atoms. The number of carbonyl (C=O) groups excluding carboxylic acids is 1. The Morgan fingerprint density at radius 1 is 1.15 bits per heavy atom. The highest BCUT2D eigenvalue weighted by Gasteiger charge is 2.23. The van der Waals surface area contributed by atoms with Gasteiger partial charge in [-0.3, -0.25) is 4.79 Å². The van der Waals surface area contributed by atoms with Crippen LogP contribution < -0.4 is 15.5 Å². The van der Waals surface area contributed by atoms with Crippen LogP contribution in [0.15, 0.2) is 58.3 Å². The molecule has 5 nitrogen and oxygen atoms in total. The summed E-state index contributed by atoms with van der Waals surface area (Å²) in [5, 5.41) is 6.19. The number of hydrogen-bond donors (Lipinski definition) is 2. The van der Waals surface area contributed by atoms with Crippen molar-refractivity contribution >= 4 is 29.0 Å². The van der Waals surface area contributed by atoms with Gasteiger partial charge in [0.25, 0.3) is 0 Å². The fraction of sp³-hybridized carbons (Fsp3) is 0.350. The standard InChI is InChI=1S/C20H23N3O2S/c24-20(17-14-21-11-13-25-17)22-10-5-12-23-15-6-1-3-8-18(15)26-19-9-4-2-7-16(19)23/h1-4,6-9,17,21H,5,10-14H2,(H,22,24). The average Bonchev–Trinajstić information content (AvgIpc) is 2.71. The van der Waals surface area contributed by atoms with E-state index in [1.165, 1.54) is 21.2 Å². The van der Waals surface area contributed by atoms with Crippen LogP contribution in [0.5, 0.6) is 0 Å². The van der Waals surface area contributed by atoms with Crippen molar-refractivity contribution in [2.45, 2.75) is 22.3 Å². The van der Waals surface area contributed by atoms with Crippen LogP contribution in [0.3, 0.4) is 0 Å². The molecule has 1 amide bonds. The van der Waals surface area contributed by atoms with Crippen LogP contribution in [0.2, 0.25) is 0 Å². The minimum Gasteiger partial charge on any atom is -0.366 e. The molecule has 1 saturated heterocycles. The Kier molecular flexibility index (Phi) is 5.43. The van der Waals surface area contributed by atoms with E-state index in [4.69, 9.17) is 4.74 Å². The number of nitrogens with one attached hydrogen (secondary N) is 2. The van der Waals surface area contributed by atoms with Crippen molar-refractivity contribution in [3.05, 3.63) is 48.5 Å². The number of anilines is 2. The van der Waals surface area contributed by atoms with Crippen LogP contribution in [-0.4, -0.2) is 44.8 Å². The highest BCUT2D eigenvalue weighted by molar-refractivity contribution is 7.99. The molecule has 0 spiro atoms. The van der Waals surface area contributed by atoms with Gasteiger partial charge in [0.05, 0.1) is 18.0 Å². The monoisotopic (exact) mass is 369 g/mol. The molecule has 0 aromatic heterocycles. The number of fused-ring (bicyclic) bond motifs is 2. The Balaban J connectivity index is 1.38. The number of benzene rings is 2. The third-order valence-electron chi connectivity index (χ3n) is 4.61. The Labute approximate surface area is 158 Å². The van der Waals surface area contributed by atoms with E-state index in [1.807, 2.05) is 11.8 Å². The molecule has 2 aliphatic rings. The van der Waals surface area contributed by atoms with Gasteiger partial charge >= 0.3 is 0 Å². The van der Waals surface area contributed by atoms with Crippen LogP contribution in [0.4, 0.5) is 11.4 Å². The van der Waals surface area contributed by atoms with Gasteiger partial charge in [-0.15, -0.1) is 0 Å². The van der Waals surface area contributed by atoms with Crippen molar-refractivity contribution in [3.63, 3.8) is 0 Å². The molecule has 4 rings (SSSR count). The molecule has 1 atom stereocenters. The van der Waals surface area contributed by atoms with Gasteiger partial charge in [-0.2, -0.15) is 0 Å². The predicted octanol–water partition coefficient (Wildman–Crippen LogP) is 2.78. The lowest BCUT2D eigenvalue weighted by Crippen LogP contribution is -2.48. The molecule has 2 aliphatic heterocycles. The number of rotatable bonds is 5. The quantitative estimate of drug-likeness (QED) is 0.794.